The molecule has 0 atom stereocenters. The summed E-state index contributed by atoms with van der Waals surface area (Å²) in [5.74, 6) is -0.425. The van der Waals surface area contributed by atoms with E-state index < -0.39 is 0 Å². The molecule has 29 heavy (non-hydrogen) atoms. The van der Waals surface area contributed by atoms with E-state index in [1.807, 2.05) is 36.4 Å². The maximum Gasteiger partial charge on any atom is 0.327 e. The highest BCUT2D eigenvalue weighted by atomic mass is 16.2. The fraction of sp³-hybridized carbons (Fsp3) is 0.348. The van der Waals surface area contributed by atoms with Gasteiger partial charge in [0.05, 0.1) is 0 Å². The molecular formula is C23H25N3O3. The van der Waals surface area contributed by atoms with Crippen LogP contribution in [-0.2, 0) is 9.59 Å². The SMILES string of the molecule is O=C(CN1C(=O)CN(C2CC2)C1=O)NCCC(c1ccccc1)c1ccccc1. The van der Waals surface area contributed by atoms with Crippen LogP contribution in [0.5, 0.6) is 0 Å². The van der Waals surface area contributed by atoms with Crippen molar-refractivity contribution in [1.29, 1.82) is 0 Å². The third-order valence-corrected chi connectivity index (χ3v) is 5.53. The Morgan fingerprint density at radius 1 is 0.966 bits per heavy atom. The number of benzene rings is 2. The second kappa shape index (κ2) is 8.47. The Bertz CT molecular complexity index is 841. The summed E-state index contributed by atoms with van der Waals surface area (Å²) in [5, 5.41) is 2.88. The first-order chi connectivity index (χ1) is 14.1. The summed E-state index contributed by atoms with van der Waals surface area (Å²) in [4.78, 5) is 39.4. The molecule has 0 unspecified atom stereocenters. The number of nitrogens with one attached hydrogen (secondary N) is 1. The van der Waals surface area contributed by atoms with Gasteiger partial charge in [0.25, 0.3) is 5.91 Å². The number of imide groups is 1. The van der Waals surface area contributed by atoms with Gasteiger partial charge in [0.2, 0.25) is 5.91 Å². The molecule has 4 rings (SSSR count). The molecule has 1 aliphatic heterocycles. The molecule has 0 bridgehead atoms. The molecule has 1 heterocycles. The molecule has 0 radical (unpaired) electrons. The standard InChI is InChI=1S/C23H25N3O3/c27-21(15-26-22(28)16-25(23(26)29)19-11-12-19)24-14-13-20(17-7-3-1-4-8-17)18-9-5-2-6-10-18/h1-10,19-20H,11-16H2,(H,24,27). The van der Waals surface area contributed by atoms with Gasteiger partial charge in [-0.3, -0.25) is 14.5 Å². The van der Waals surface area contributed by atoms with Crippen LogP contribution in [0.2, 0.25) is 0 Å². The quantitative estimate of drug-likeness (QED) is 0.704. The smallest absolute Gasteiger partial charge is 0.327 e. The molecule has 1 N–H and O–H groups in total. The van der Waals surface area contributed by atoms with Crippen molar-refractivity contribution in [1.82, 2.24) is 15.1 Å². The van der Waals surface area contributed by atoms with Crippen molar-refractivity contribution in [3.8, 4) is 0 Å². The topological polar surface area (TPSA) is 69.7 Å². The molecule has 4 amide bonds. The number of rotatable bonds is 8. The van der Waals surface area contributed by atoms with Crippen LogP contribution >= 0.6 is 0 Å². The van der Waals surface area contributed by atoms with Gasteiger partial charge >= 0.3 is 6.03 Å². The molecule has 2 aromatic carbocycles. The van der Waals surface area contributed by atoms with Gasteiger partial charge in [-0.25, -0.2) is 4.79 Å². The van der Waals surface area contributed by atoms with Crippen LogP contribution in [0.15, 0.2) is 60.7 Å². The normalized spacial score (nSPS) is 16.6. The molecule has 1 saturated heterocycles. The van der Waals surface area contributed by atoms with E-state index in [1.165, 1.54) is 11.1 Å². The van der Waals surface area contributed by atoms with E-state index in [2.05, 4.69) is 29.6 Å². The lowest BCUT2D eigenvalue weighted by molar-refractivity contribution is -0.130. The van der Waals surface area contributed by atoms with Gasteiger partial charge in [-0.2, -0.15) is 0 Å². The molecule has 0 spiro atoms. The average molecular weight is 391 g/mol. The van der Waals surface area contributed by atoms with Crippen LogP contribution in [-0.4, -0.2) is 53.3 Å². The van der Waals surface area contributed by atoms with Crippen LogP contribution in [0.1, 0.15) is 36.3 Å². The van der Waals surface area contributed by atoms with Crippen LogP contribution in [0.4, 0.5) is 4.79 Å². The molecule has 1 aliphatic carbocycles. The summed E-state index contributed by atoms with van der Waals surface area (Å²) in [6.07, 6.45) is 2.62. The first kappa shape index (κ1) is 19.2. The van der Waals surface area contributed by atoms with E-state index in [9.17, 15) is 14.4 Å². The van der Waals surface area contributed by atoms with Gasteiger partial charge in [-0.15, -0.1) is 0 Å². The van der Waals surface area contributed by atoms with Crippen molar-refractivity contribution < 1.29 is 14.4 Å². The number of hydrogen-bond donors (Lipinski definition) is 1. The predicted octanol–water partition coefficient (Wildman–Crippen LogP) is 2.75. The maximum absolute atomic E-state index is 12.4. The van der Waals surface area contributed by atoms with E-state index in [0.29, 0.717) is 6.54 Å². The van der Waals surface area contributed by atoms with Gasteiger partial charge in [-0.05, 0) is 30.4 Å². The molecule has 150 valence electrons. The molecule has 6 nitrogen and oxygen atoms in total. The summed E-state index contributed by atoms with van der Waals surface area (Å²) in [7, 11) is 0. The Morgan fingerprint density at radius 2 is 1.55 bits per heavy atom. The monoisotopic (exact) mass is 391 g/mol. The largest absolute Gasteiger partial charge is 0.355 e. The fourth-order valence-corrected chi connectivity index (χ4v) is 3.84. The maximum atomic E-state index is 12.4. The summed E-state index contributed by atoms with van der Waals surface area (Å²) in [5.41, 5.74) is 2.39. The van der Waals surface area contributed by atoms with E-state index in [0.717, 1.165) is 24.2 Å². The Balaban J connectivity index is 1.33. The van der Waals surface area contributed by atoms with Gasteiger partial charge in [-0.1, -0.05) is 60.7 Å². The van der Waals surface area contributed by atoms with Crippen molar-refractivity contribution in [2.75, 3.05) is 19.6 Å². The number of urea groups is 1. The number of amides is 4. The molecular weight excluding hydrogens is 366 g/mol. The lowest BCUT2D eigenvalue weighted by Crippen LogP contribution is -2.42. The third kappa shape index (κ3) is 4.47. The van der Waals surface area contributed by atoms with Crippen molar-refractivity contribution in [3.63, 3.8) is 0 Å². The highest BCUT2D eigenvalue weighted by molar-refractivity contribution is 6.04. The lowest BCUT2D eigenvalue weighted by Gasteiger charge is -2.19. The van der Waals surface area contributed by atoms with E-state index in [-0.39, 0.29) is 42.9 Å². The van der Waals surface area contributed by atoms with Gasteiger partial charge in [0.15, 0.2) is 0 Å². The van der Waals surface area contributed by atoms with Gasteiger partial charge < -0.3 is 10.2 Å². The first-order valence-electron chi connectivity index (χ1n) is 10.1. The highest BCUT2D eigenvalue weighted by Gasteiger charge is 2.44. The second-order valence-corrected chi connectivity index (χ2v) is 7.63. The fourth-order valence-electron chi connectivity index (χ4n) is 3.84. The van der Waals surface area contributed by atoms with E-state index in [4.69, 9.17) is 0 Å². The summed E-state index contributed by atoms with van der Waals surface area (Å²) < 4.78 is 0. The Kier molecular flexibility index (Phi) is 5.60. The average Bonchev–Trinajstić information content (AvgIpc) is 3.55. The third-order valence-electron chi connectivity index (χ3n) is 5.53. The van der Waals surface area contributed by atoms with Gasteiger partial charge in [0.1, 0.15) is 13.1 Å². The van der Waals surface area contributed by atoms with Crippen LogP contribution < -0.4 is 5.32 Å². The molecule has 2 fully saturated rings. The number of carbonyl (C=O) groups excluding carboxylic acids is 3. The molecule has 0 aromatic heterocycles. The minimum atomic E-state index is -0.334. The predicted molar refractivity (Wildman–Crippen MR) is 109 cm³/mol. The first-order valence-corrected chi connectivity index (χ1v) is 10.1. The Labute approximate surface area is 170 Å². The molecule has 1 saturated carbocycles. The Morgan fingerprint density at radius 3 is 2.10 bits per heavy atom. The zero-order valence-corrected chi connectivity index (χ0v) is 16.3. The van der Waals surface area contributed by atoms with Crippen molar-refractivity contribution >= 4 is 17.8 Å². The van der Waals surface area contributed by atoms with Crippen LogP contribution in [0.25, 0.3) is 0 Å². The van der Waals surface area contributed by atoms with Crippen molar-refractivity contribution in [2.45, 2.75) is 31.2 Å². The molecule has 2 aliphatic rings. The van der Waals surface area contributed by atoms with E-state index in [1.54, 1.807) is 4.90 Å². The van der Waals surface area contributed by atoms with Gasteiger partial charge in [0, 0.05) is 18.5 Å². The summed E-state index contributed by atoms with van der Waals surface area (Å²) in [6.45, 7) is 0.360. The van der Waals surface area contributed by atoms with E-state index >= 15 is 0 Å². The molecule has 6 heteroatoms. The second-order valence-electron chi connectivity index (χ2n) is 7.63. The lowest BCUT2D eigenvalue weighted by atomic mass is 9.88. The Hall–Kier alpha value is -3.15. The van der Waals surface area contributed by atoms with Crippen molar-refractivity contribution in [2.24, 2.45) is 0 Å². The zero-order valence-electron chi connectivity index (χ0n) is 16.3. The minimum absolute atomic E-state index is 0.0981. The van der Waals surface area contributed by atoms with Crippen molar-refractivity contribution in [3.05, 3.63) is 71.8 Å². The summed E-state index contributed by atoms with van der Waals surface area (Å²) in [6, 6.07) is 20.2. The van der Waals surface area contributed by atoms with Crippen LogP contribution in [0, 0.1) is 0 Å². The number of hydrogen-bond acceptors (Lipinski definition) is 3. The zero-order chi connectivity index (χ0) is 20.2. The minimum Gasteiger partial charge on any atom is -0.355 e. The summed E-state index contributed by atoms with van der Waals surface area (Å²) >= 11 is 0. The molecule has 2 aromatic rings. The number of carbonyl (C=O) groups is 3. The highest BCUT2D eigenvalue weighted by Crippen LogP contribution is 2.30. The number of nitrogens with zero attached hydrogens (tertiary/aromatic N) is 2. The van der Waals surface area contributed by atoms with Crippen LogP contribution in [0.3, 0.4) is 0 Å².